The van der Waals surface area contributed by atoms with Crippen LogP contribution in [-0.2, 0) is 14.2 Å². The summed E-state index contributed by atoms with van der Waals surface area (Å²) in [5.41, 5.74) is -1.25. The molecule has 0 radical (unpaired) electrons. The van der Waals surface area contributed by atoms with Crippen molar-refractivity contribution in [2.75, 3.05) is 38.3 Å². The van der Waals surface area contributed by atoms with Crippen molar-refractivity contribution in [2.45, 2.75) is 18.6 Å². The Morgan fingerprint density at radius 1 is 1.15 bits per heavy atom. The lowest BCUT2D eigenvalue weighted by molar-refractivity contribution is -0.393. The van der Waals surface area contributed by atoms with E-state index in [9.17, 15) is 25.0 Å². The molecule has 11 nitrogen and oxygen atoms in total. The standard InChI is InChI=1S/C15H17N3O8/c1-24-14(19)11-8-10(17(20)21)9-12(18(22)23)13(11)16-4-2-15(3-5-16)25-6-7-26-15/h8-9H,2-7H2,1H3. The normalized spacial score (nSPS) is 18.7. The van der Waals surface area contributed by atoms with Gasteiger partial charge in [-0.15, -0.1) is 0 Å². The molecule has 0 bridgehead atoms. The molecule has 3 rings (SSSR count). The molecule has 0 aromatic heterocycles. The van der Waals surface area contributed by atoms with E-state index in [0.29, 0.717) is 39.1 Å². The Morgan fingerprint density at radius 2 is 1.77 bits per heavy atom. The molecular weight excluding hydrogens is 350 g/mol. The molecule has 0 unspecified atom stereocenters. The number of hydrogen-bond donors (Lipinski definition) is 0. The highest BCUT2D eigenvalue weighted by molar-refractivity contribution is 5.99. The van der Waals surface area contributed by atoms with E-state index in [1.807, 2.05) is 0 Å². The molecule has 0 N–H and O–H groups in total. The van der Waals surface area contributed by atoms with Gasteiger partial charge in [-0.05, 0) is 0 Å². The zero-order valence-electron chi connectivity index (χ0n) is 14.0. The number of nitro benzene ring substituents is 2. The van der Waals surface area contributed by atoms with Crippen LogP contribution in [0.5, 0.6) is 0 Å². The van der Waals surface area contributed by atoms with Gasteiger partial charge >= 0.3 is 5.97 Å². The number of rotatable bonds is 4. The molecule has 1 aromatic carbocycles. The van der Waals surface area contributed by atoms with Gasteiger partial charge in [0.2, 0.25) is 0 Å². The number of nitro groups is 2. The molecule has 26 heavy (non-hydrogen) atoms. The van der Waals surface area contributed by atoms with Crippen LogP contribution in [0.2, 0.25) is 0 Å². The van der Waals surface area contributed by atoms with Crippen LogP contribution < -0.4 is 4.90 Å². The first kappa shape index (κ1) is 18.0. The predicted octanol–water partition coefficient (Wildman–Crippen LogP) is 1.63. The summed E-state index contributed by atoms with van der Waals surface area (Å²) in [6.45, 7) is 1.65. The van der Waals surface area contributed by atoms with Gasteiger partial charge in [-0.3, -0.25) is 20.2 Å². The minimum Gasteiger partial charge on any atom is -0.465 e. The Balaban J connectivity index is 2.02. The third kappa shape index (κ3) is 3.18. The average molecular weight is 367 g/mol. The zero-order valence-corrected chi connectivity index (χ0v) is 14.0. The number of anilines is 1. The van der Waals surface area contributed by atoms with E-state index in [0.717, 1.165) is 19.2 Å². The second-order valence-electron chi connectivity index (χ2n) is 5.96. The summed E-state index contributed by atoms with van der Waals surface area (Å²) in [6.07, 6.45) is 0.920. The highest BCUT2D eigenvalue weighted by Crippen LogP contribution is 2.40. The third-order valence-electron chi connectivity index (χ3n) is 4.54. The smallest absolute Gasteiger partial charge is 0.340 e. The summed E-state index contributed by atoms with van der Waals surface area (Å²) in [7, 11) is 1.11. The lowest BCUT2D eigenvalue weighted by Gasteiger charge is -2.38. The molecule has 0 saturated carbocycles. The van der Waals surface area contributed by atoms with Crippen molar-refractivity contribution in [3.05, 3.63) is 37.9 Å². The third-order valence-corrected chi connectivity index (χ3v) is 4.54. The van der Waals surface area contributed by atoms with Gasteiger partial charge in [-0.2, -0.15) is 0 Å². The Morgan fingerprint density at radius 3 is 2.27 bits per heavy atom. The number of hydrogen-bond acceptors (Lipinski definition) is 9. The average Bonchev–Trinajstić information content (AvgIpc) is 3.08. The summed E-state index contributed by atoms with van der Waals surface area (Å²) in [5.74, 6) is -1.57. The fraction of sp³-hybridized carbons (Fsp3) is 0.533. The van der Waals surface area contributed by atoms with Crippen LogP contribution in [0.1, 0.15) is 23.2 Å². The van der Waals surface area contributed by atoms with E-state index >= 15 is 0 Å². The number of ether oxygens (including phenoxy) is 3. The molecule has 0 atom stereocenters. The molecule has 2 aliphatic heterocycles. The fourth-order valence-electron chi connectivity index (χ4n) is 3.30. The molecule has 0 aliphatic carbocycles. The number of benzene rings is 1. The second-order valence-corrected chi connectivity index (χ2v) is 5.96. The highest BCUT2D eigenvalue weighted by Gasteiger charge is 2.42. The molecule has 2 saturated heterocycles. The second kappa shape index (κ2) is 6.84. The summed E-state index contributed by atoms with van der Waals surface area (Å²) in [5, 5.41) is 22.6. The van der Waals surface area contributed by atoms with Gasteiger partial charge in [0.25, 0.3) is 11.4 Å². The number of methoxy groups -OCH3 is 1. The number of piperidine rings is 1. The topological polar surface area (TPSA) is 134 Å². The quantitative estimate of drug-likeness (QED) is 0.442. The Kier molecular flexibility index (Phi) is 4.74. The molecule has 140 valence electrons. The summed E-state index contributed by atoms with van der Waals surface area (Å²) < 4.78 is 15.9. The van der Waals surface area contributed by atoms with Gasteiger partial charge in [0.05, 0.1) is 41.8 Å². The molecule has 2 aliphatic rings. The van der Waals surface area contributed by atoms with Gasteiger partial charge < -0.3 is 19.1 Å². The zero-order chi connectivity index (χ0) is 18.9. The first-order valence-corrected chi connectivity index (χ1v) is 7.95. The molecule has 2 heterocycles. The summed E-state index contributed by atoms with van der Waals surface area (Å²) >= 11 is 0. The molecule has 2 fully saturated rings. The van der Waals surface area contributed by atoms with Crippen LogP contribution in [0.15, 0.2) is 12.1 Å². The van der Waals surface area contributed by atoms with Crippen molar-refractivity contribution < 1.29 is 28.9 Å². The van der Waals surface area contributed by atoms with E-state index in [1.54, 1.807) is 4.90 Å². The van der Waals surface area contributed by atoms with Gasteiger partial charge in [0.15, 0.2) is 5.79 Å². The van der Waals surface area contributed by atoms with Crippen molar-refractivity contribution in [1.82, 2.24) is 0 Å². The summed E-state index contributed by atoms with van der Waals surface area (Å²) in [4.78, 5) is 34.8. The van der Waals surface area contributed by atoms with Crippen LogP contribution >= 0.6 is 0 Å². The van der Waals surface area contributed by atoms with Gasteiger partial charge in [-0.1, -0.05) is 0 Å². The van der Waals surface area contributed by atoms with E-state index in [2.05, 4.69) is 4.74 Å². The van der Waals surface area contributed by atoms with E-state index in [4.69, 9.17) is 9.47 Å². The minimum atomic E-state index is -0.875. The van der Waals surface area contributed by atoms with Crippen molar-refractivity contribution >= 4 is 23.0 Å². The van der Waals surface area contributed by atoms with Crippen molar-refractivity contribution in [3.63, 3.8) is 0 Å². The van der Waals surface area contributed by atoms with Crippen molar-refractivity contribution in [3.8, 4) is 0 Å². The molecule has 11 heteroatoms. The van der Waals surface area contributed by atoms with Crippen LogP contribution in [0.3, 0.4) is 0 Å². The number of nitrogens with zero attached hydrogens (tertiary/aromatic N) is 3. The van der Waals surface area contributed by atoms with Crippen LogP contribution in [0.25, 0.3) is 0 Å². The van der Waals surface area contributed by atoms with Crippen LogP contribution in [-0.4, -0.2) is 55.0 Å². The SMILES string of the molecule is COC(=O)c1cc([N+](=O)[O-])cc([N+](=O)[O-])c1N1CCC2(CC1)OCCO2. The molecule has 1 spiro atoms. The number of esters is 1. The number of carbonyl (C=O) groups excluding carboxylic acids is 1. The fourth-order valence-corrected chi connectivity index (χ4v) is 3.30. The Bertz CT molecular complexity index is 750. The minimum absolute atomic E-state index is 0.0142. The van der Waals surface area contributed by atoms with Crippen molar-refractivity contribution in [1.29, 1.82) is 0 Å². The van der Waals surface area contributed by atoms with E-state index in [-0.39, 0.29) is 11.3 Å². The first-order chi connectivity index (χ1) is 12.4. The predicted molar refractivity (Wildman–Crippen MR) is 87.2 cm³/mol. The number of carbonyl (C=O) groups is 1. The maximum Gasteiger partial charge on any atom is 0.340 e. The van der Waals surface area contributed by atoms with Crippen LogP contribution in [0, 0.1) is 20.2 Å². The lowest BCUT2D eigenvalue weighted by Crippen LogP contribution is -2.45. The number of non-ortho nitro benzene ring substituents is 1. The maximum atomic E-state index is 12.1. The molecule has 1 aromatic rings. The maximum absolute atomic E-state index is 12.1. The van der Waals surface area contributed by atoms with Crippen LogP contribution in [0.4, 0.5) is 17.1 Å². The molecule has 0 amide bonds. The van der Waals surface area contributed by atoms with Gasteiger partial charge in [0, 0.05) is 32.0 Å². The molecular formula is C15H17N3O8. The van der Waals surface area contributed by atoms with E-state index < -0.39 is 33.0 Å². The lowest BCUT2D eigenvalue weighted by atomic mass is 10.0. The van der Waals surface area contributed by atoms with Gasteiger partial charge in [-0.25, -0.2) is 4.79 Å². The van der Waals surface area contributed by atoms with Crippen molar-refractivity contribution in [2.24, 2.45) is 0 Å². The largest absolute Gasteiger partial charge is 0.465 e. The van der Waals surface area contributed by atoms with E-state index in [1.165, 1.54) is 0 Å². The van der Waals surface area contributed by atoms with Gasteiger partial charge in [0.1, 0.15) is 5.69 Å². The Labute approximate surface area is 147 Å². The first-order valence-electron chi connectivity index (χ1n) is 7.95. The Hall–Kier alpha value is -2.79. The summed E-state index contributed by atoms with van der Waals surface area (Å²) in [6, 6.07) is 1.86. The monoisotopic (exact) mass is 367 g/mol. The highest BCUT2D eigenvalue weighted by atomic mass is 16.7.